The third-order valence-electron chi connectivity index (χ3n) is 5.66. The van der Waals surface area contributed by atoms with Gasteiger partial charge in [-0.2, -0.15) is 4.48 Å². The van der Waals surface area contributed by atoms with E-state index in [1.54, 1.807) is 6.21 Å². The normalized spacial score (nSPS) is 33.1. The molecule has 5 amide bonds. The fourth-order valence-electron chi connectivity index (χ4n) is 4.09. The minimum atomic E-state index is -0.949. The molecule has 5 atom stereocenters. The molecule has 10 nitrogen and oxygen atoms in total. The number of likely N-dealkylation sites (tertiary alicyclic amines) is 1. The fraction of sp³-hybridized carbons (Fsp3) is 0.647. The monoisotopic (exact) mass is 377 g/mol. The number of carbonyl (C=O) groups excluding carboxylic acids is 4. The lowest BCUT2D eigenvalue weighted by atomic mass is 10.0. The Kier molecular flexibility index (Phi) is 5.36. The van der Waals surface area contributed by atoms with Crippen molar-refractivity contribution in [2.75, 3.05) is 6.54 Å². The summed E-state index contributed by atoms with van der Waals surface area (Å²) >= 11 is 0. The second-order valence-corrected chi connectivity index (χ2v) is 7.35. The second kappa shape index (κ2) is 7.55. The van der Waals surface area contributed by atoms with Crippen molar-refractivity contribution in [1.29, 1.82) is 0 Å². The van der Waals surface area contributed by atoms with Crippen molar-refractivity contribution in [3.05, 3.63) is 0 Å². The van der Waals surface area contributed by atoms with Crippen molar-refractivity contribution >= 4 is 36.3 Å². The van der Waals surface area contributed by atoms with E-state index in [2.05, 4.69) is 20.6 Å². The van der Waals surface area contributed by atoms with E-state index in [-0.39, 0.29) is 30.8 Å². The van der Waals surface area contributed by atoms with Crippen molar-refractivity contribution in [1.82, 2.24) is 10.6 Å². The van der Waals surface area contributed by atoms with E-state index >= 15 is 0 Å². The molecule has 0 aromatic carbocycles. The summed E-state index contributed by atoms with van der Waals surface area (Å²) < 4.78 is -0.477. The Morgan fingerprint density at radius 3 is 2.70 bits per heavy atom. The lowest BCUT2D eigenvalue weighted by molar-refractivity contribution is -0.784. The molecule has 0 radical (unpaired) electrons. The van der Waals surface area contributed by atoms with Crippen LogP contribution in [-0.4, -0.2) is 71.5 Å². The van der Waals surface area contributed by atoms with Gasteiger partial charge in [-0.3, -0.25) is 14.6 Å². The molecular weight excluding hydrogens is 352 g/mol. The van der Waals surface area contributed by atoms with E-state index in [0.29, 0.717) is 25.8 Å². The molecule has 27 heavy (non-hydrogen) atoms. The molecule has 4 N–H and O–H groups in total. The summed E-state index contributed by atoms with van der Waals surface area (Å²) in [6, 6.07) is -2.94. The van der Waals surface area contributed by atoms with Crippen LogP contribution in [-0.2, 0) is 14.4 Å². The Bertz CT molecular complexity index is 708. The summed E-state index contributed by atoms with van der Waals surface area (Å²) in [6.45, 7) is 2.14. The van der Waals surface area contributed by atoms with Crippen molar-refractivity contribution in [2.24, 2.45) is 15.7 Å². The number of nitrogens with one attached hydrogen (secondary N) is 2. The van der Waals surface area contributed by atoms with Crippen LogP contribution >= 0.6 is 0 Å². The molecule has 0 spiro atoms. The number of carbonyl (C=O) groups is 4. The molecule has 0 aromatic rings. The zero-order valence-electron chi connectivity index (χ0n) is 15.3. The van der Waals surface area contributed by atoms with Crippen LogP contribution in [0.25, 0.3) is 0 Å². The van der Waals surface area contributed by atoms with Crippen LogP contribution in [0, 0.1) is 0 Å². The van der Waals surface area contributed by atoms with Crippen molar-refractivity contribution < 1.29 is 23.7 Å². The number of primary amides is 1. The highest BCUT2D eigenvalue weighted by Gasteiger charge is 2.54. The topological polar surface area (TPSA) is 143 Å². The molecule has 0 aromatic heterocycles. The van der Waals surface area contributed by atoms with Crippen LogP contribution in [0.1, 0.15) is 39.0 Å². The number of rotatable bonds is 5. The van der Waals surface area contributed by atoms with Gasteiger partial charge in [0.15, 0.2) is 0 Å². The van der Waals surface area contributed by atoms with Gasteiger partial charge in [0.1, 0.15) is 24.5 Å². The number of urea groups is 1. The molecule has 3 aliphatic heterocycles. The predicted molar refractivity (Wildman–Crippen MR) is 96.9 cm³/mol. The van der Waals surface area contributed by atoms with Gasteiger partial charge in [0, 0.05) is 31.9 Å². The number of nitrogens with two attached hydrogens (primary N) is 1. The van der Waals surface area contributed by atoms with Gasteiger partial charge < -0.3 is 16.4 Å². The van der Waals surface area contributed by atoms with E-state index in [9.17, 15) is 19.2 Å². The smallest absolute Gasteiger partial charge is 0.344 e. The molecular formula is C17H25N6O4+. The van der Waals surface area contributed by atoms with Gasteiger partial charge in [0.2, 0.25) is 11.8 Å². The molecule has 2 saturated heterocycles. The first-order chi connectivity index (χ1) is 12.8. The van der Waals surface area contributed by atoms with Crippen LogP contribution in [0.3, 0.4) is 0 Å². The lowest BCUT2D eigenvalue weighted by Gasteiger charge is -2.34. The van der Waals surface area contributed by atoms with Crippen molar-refractivity contribution in [3.8, 4) is 0 Å². The fourth-order valence-corrected chi connectivity index (χ4v) is 4.09. The van der Waals surface area contributed by atoms with Gasteiger partial charge in [0.25, 0.3) is 0 Å². The number of nitrogens with zero attached hydrogens (tertiary/aromatic N) is 3. The zero-order chi connectivity index (χ0) is 19.6. The number of hydrogen-bond donors (Lipinski definition) is 3. The first-order valence-electron chi connectivity index (χ1n) is 9.21. The van der Waals surface area contributed by atoms with E-state index in [1.807, 2.05) is 6.92 Å². The number of imide groups is 1. The van der Waals surface area contributed by atoms with Gasteiger partial charge in [0.05, 0.1) is 12.6 Å². The third kappa shape index (κ3) is 3.61. The molecule has 3 aliphatic rings. The van der Waals surface area contributed by atoms with E-state index in [1.165, 1.54) is 6.34 Å². The molecule has 3 heterocycles. The van der Waals surface area contributed by atoms with Crippen molar-refractivity contribution in [2.45, 2.75) is 63.2 Å². The zero-order valence-corrected chi connectivity index (χ0v) is 15.3. The van der Waals surface area contributed by atoms with Gasteiger partial charge in [-0.15, -0.1) is 0 Å². The minimum absolute atomic E-state index is 0.186. The average Bonchev–Trinajstić information content (AvgIpc) is 3.35. The molecule has 2 fully saturated rings. The SMILES string of the molecule is C[C@@H]1CCC[N+]1(C(N)=O)C(=O)[C@H](CC1C=NC=N1)NC(=O)[C@@H]1CCC(=O)N1. The maximum atomic E-state index is 13.4. The maximum absolute atomic E-state index is 13.4. The Balaban J connectivity index is 1.82. The summed E-state index contributed by atoms with van der Waals surface area (Å²) in [5, 5.41) is 5.31. The van der Waals surface area contributed by atoms with Gasteiger partial charge in [-0.25, -0.2) is 14.6 Å². The molecule has 10 heteroatoms. The summed E-state index contributed by atoms with van der Waals surface area (Å²) in [5.41, 5.74) is 5.63. The molecule has 3 rings (SSSR count). The first kappa shape index (κ1) is 19.2. The average molecular weight is 377 g/mol. The summed E-state index contributed by atoms with van der Waals surface area (Å²) in [4.78, 5) is 57.7. The standard InChI is InChI=1S/C17H24N6O4/c1-10-3-2-6-23(10,17(18)27)16(26)13(7-11-8-19-9-20-11)22-15(25)12-4-5-14(24)21-12/h8-13H,2-7H2,1H3,(H3-,18,21,22,24,25,27)/p+1/t10-,11?,12+,13+,23?/m1/s1. The van der Waals surface area contributed by atoms with Gasteiger partial charge >= 0.3 is 11.9 Å². The second-order valence-electron chi connectivity index (χ2n) is 7.35. The van der Waals surface area contributed by atoms with Crippen LogP contribution in [0.2, 0.25) is 0 Å². The molecule has 0 bridgehead atoms. The van der Waals surface area contributed by atoms with Crippen LogP contribution < -0.4 is 16.4 Å². The number of aliphatic imine (C=N–C) groups is 2. The molecule has 146 valence electrons. The minimum Gasteiger partial charge on any atom is -0.344 e. The summed E-state index contributed by atoms with van der Waals surface area (Å²) in [7, 11) is 0. The largest absolute Gasteiger partial charge is 0.421 e. The first-order valence-corrected chi connectivity index (χ1v) is 9.21. The van der Waals surface area contributed by atoms with Gasteiger partial charge in [-0.05, 0) is 13.3 Å². The summed E-state index contributed by atoms with van der Waals surface area (Å²) in [6.07, 6.45) is 5.23. The van der Waals surface area contributed by atoms with Crippen LogP contribution in [0.5, 0.6) is 0 Å². The Labute approximate surface area is 156 Å². The lowest BCUT2D eigenvalue weighted by Crippen LogP contribution is -2.67. The maximum Gasteiger partial charge on any atom is 0.421 e. The predicted octanol–water partition coefficient (Wildman–Crippen LogP) is -0.774. The van der Waals surface area contributed by atoms with Crippen molar-refractivity contribution in [3.63, 3.8) is 0 Å². The Morgan fingerprint density at radius 2 is 2.19 bits per heavy atom. The van der Waals surface area contributed by atoms with Crippen LogP contribution in [0.4, 0.5) is 4.79 Å². The van der Waals surface area contributed by atoms with Crippen LogP contribution in [0.15, 0.2) is 9.98 Å². The molecule has 0 aliphatic carbocycles. The number of amides is 5. The number of quaternary nitrogens is 1. The third-order valence-corrected chi connectivity index (χ3v) is 5.66. The molecule has 0 saturated carbocycles. The molecule has 2 unspecified atom stereocenters. The number of hydrogen-bond acceptors (Lipinski definition) is 6. The highest BCUT2D eigenvalue weighted by atomic mass is 16.2. The quantitative estimate of drug-likeness (QED) is 0.540. The Hall–Kier alpha value is -2.62. The highest BCUT2D eigenvalue weighted by molar-refractivity contribution is 5.95. The highest BCUT2D eigenvalue weighted by Crippen LogP contribution is 2.29. The van der Waals surface area contributed by atoms with E-state index < -0.39 is 34.4 Å². The van der Waals surface area contributed by atoms with Gasteiger partial charge in [-0.1, -0.05) is 0 Å². The van der Waals surface area contributed by atoms with E-state index in [4.69, 9.17) is 5.73 Å². The van der Waals surface area contributed by atoms with E-state index in [0.717, 1.165) is 0 Å². The Morgan fingerprint density at radius 1 is 1.41 bits per heavy atom. The summed E-state index contributed by atoms with van der Waals surface area (Å²) in [5.74, 6) is -1.06.